The molecule has 0 fully saturated rings. The smallest absolute Gasteiger partial charge is 0.116 e. The summed E-state index contributed by atoms with van der Waals surface area (Å²) in [7, 11) is 0. The molecule has 0 atom stereocenters. The highest BCUT2D eigenvalue weighted by Crippen LogP contribution is 2.47. The molecule has 2 aliphatic heterocycles. The summed E-state index contributed by atoms with van der Waals surface area (Å²) >= 11 is 1.81. The van der Waals surface area contributed by atoms with Crippen molar-refractivity contribution in [1.82, 2.24) is 4.90 Å². The Hall–Kier alpha value is -1.71. The number of nitrogens with zero attached hydrogens (tertiary/aromatic N) is 1. The first-order chi connectivity index (χ1) is 10.3. The maximum Gasteiger partial charge on any atom is 0.116 e. The van der Waals surface area contributed by atoms with Crippen LogP contribution in [0.3, 0.4) is 0 Å². The van der Waals surface area contributed by atoms with E-state index in [0.717, 1.165) is 19.6 Å². The van der Waals surface area contributed by atoms with Gasteiger partial charge in [0.25, 0.3) is 0 Å². The van der Waals surface area contributed by atoms with Gasteiger partial charge in [-0.25, -0.2) is 0 Å². The topological polar surface area (TPSA) is 23.5 Å². The van der Waals surface area contributed by atoms with Crippen molar-refractivity contribution in [2.24, 2.45) is 0 Å². The Labute approximate surface area is 129 Å². The van der Waals surface area contributed by atoms with E-state index in [9.17, 15) is 5.11 Å². The van der Waals surface area contributed by atoms with Crippen molar-refractivity contribution in [2.75, 3.05) is 19.6 Å². The zero-order valence-electron chi connectivity index (χ0n) is 12.0. The van der Waals surface area contributed by atoms with E-state index in [1.54, 1.807) is 17.8 Å². The molecule has 21 heavy (non-hydrogen) atoms. The Bertz CT molecular complexity index is 751. The largest absolute Gasteiger partial charge is 0.508 e. The number of fused-ring (bicyclic) bond motifs is 4. The molecule has 0 aromatic heterocycles. The van der Waals surface area contributed by atoms with Gasteiger partial charge in [0, 0.05) is 22.9 Å². The SMILES string of the molecule is CCN1CC2=C(C1)c1cc(O)ccc1Sc1ccccc12. The molecule has 2 aromatic carbocycles. The molecule has 3 heteroatoms. The average molecular weight is 295 g/mol. The predicted octanol–water partition coefficient (Wildman–Crippen LogP) is 4.10. The van der Waals surface area contributed by atoms with Crippen molar-refractivity contribution in [3.63, 3.8) is 0 Å². The van der Waals surface area contributed by atoms with Crippen LogP contribution in [-0.2, 0) is 0 Å². The van der Waals surface area contributed by atoms with E-state index in [1.165, 1.54) is 32.1 Å². The van der Waals surface area contributed by atoms with Crippen LogP contribution in [0.15, 0.2) is 52.3 Å². The highest BCUT2D eigenvalue weighted by atomic mass is 32.2. The van der Waals surface area contributed by atoms with Crippen molar-refractivity contribution in [1.29, 1.82) is 0 Å². The van der Waals surface area contributed by atoms with E-state index < -0.39 is 0 Å². The Balaban J connectivity index is 1.97. The van der Waals surface area contributed by atoms with Crippen LogP contribution in [0.1, 0.15) is 18.1 Å². The molecule has 2 aliphatic rings. The third-order valence-electron chi connectivity index (χ3n) is 4.30. The standard InChI is InChI=1S/C18H17NOS/c1-2-19-10-15-13-5-3-4-6-17(13)21-18-8-7-12(20)9-14(18)16(15)11-19/h3-9,20H,2,10-11H2,1H3. The van der Waals surface area contributed by atoms with Gasteiger partial charge in [-0.2, -0.15) is 0 Å². The minimum absolute atomic E-state index is 0.349. The lowest BCUT2D eigenvalue weighted by molar-refractivity contribution is 0.379. The van der Waals surface area contributed by atoms with Gasteiger partial charge in [0.05, 0.1) is 0 Å². The third-order valence-corrected chi connectivity index (χ3v) is 5.45. The summed E-state index contributed by atoms with van der Waals surface area (Å²) in [6.45, 7) is 5.22. The van der Waals surface area contributed by atoms with Gasteiger partial charge in [0.1, 0.15) is 5.75 Å². The van der Waals surface area contributed by atoms with Gasteiger partial charge in [-0.15, -0.1) is 0 Å². The van der Waals surface area contributed by atoms with Gasteiger partial charge in [-0.05, 0) is 53.1 Å². The summed E-state index contributed by atoms with van der Waals surface area (Å²) in [6, 6.07) is 14.4. The van der Waals surface area contributed by atoms with Crippen molar-refractivity contribution < 1.29 is 5.11 Å². The van der Waals surface area contributed by atoms with Gasteiger partial charge in [-0.1, -0.05) is 36.9 Å². The number of hydrogen-bond donors (Lipinski definition) is 1. The summed E-state index contributed by atoms with van der Waals surface area (Å²) < 4.78 is 0. The molecule has 0 aliphatic carbocycles. The van der Waals surface area contributed by atoms with Crippen LogP contribution in [0.5, 0.6) is 5.75 Å². The predicted molar refractivity (Wildman–Crippen MR) is 87.6 cm³/mol. The zero-order valence-corrected chi connectivity index (χ0v) is 12.8. The Kier molecular flexibility index (Phi) is 3.05. The van der Waals surface area contributed by atoms with E-state index in [4.69, 9.17) is 0 Å². The molecule has 2 nitrogen and oxygen atoms in total. The first kappa shape index (κ1) is 13.0. The molecule has 2 heterocycles. The molecule has 0 amide bonds. The first-order valence-corrected chi connectivity index (χ1v) is 8.13. The van der Waals surface area contributed by atoms with E-state index in [-0.39, 0.29) is 0 Å². The first-order valence-electron chi connectivity index (χ1n) is 7.31. The highest BCUT2D eigenvalue weighted by molar-refractivity contribution is 7.99. The van der Waals surface area contributed by atoms with Crippen LogP contribution in [0.4, 0.5) is 0 Å². The number of phenols is 1. The van der Waals surface area contributed by atoms with Crippen molar-refractivity contribution in [2.45, 2.75) is 16.7 Å². The van der Waals surface area contributed by atoms with E-state index in [0.29, 0.717) is 5.75 Å². The molecule has 0 saturated carbocycles. The lowest BCUT2D eigenvalue weighted by Crippen LogP contribution is -2.20. The number of aromatic hydroxyl groups is 1. The Morgan fingerprint density at radius 3 is 2.52 bits per heavy atom. The fraction of sp³-hybridized carbons (Fsp3) is 0.222. The number of phenolic OH excluding ortho intramolecular Hbond substituents is 1. The molecule has 0 unspecified atom stereocenters. The second-order valence-electron chi connectivity index (χ2n) is 5.54. The molecule has 0 saturated heterocycles. The van der Waals surface area contributed by atoms with Gasteiger partial charge in [-0.3, -0.25) is 4.90 Å². The van der Waals surface area contributed by atoms with Crippen LogP contribution in [0.2, 0.25) is 0 Å². The van der Waals surface area contributed by atoms with Crippen LogP contribution in [0.25, 0.3) is 11.1 Å². The lowest BCUT2D eigenvalue weighted by atomic mass is 9.97. The van der Waals surface area contributed by atoms with Crippen molar-refractivity contribution in [3.8, 4) is 5.75 Å². The van der Waals surface area contributed by atoms with Crippen LogP contribution < -0.4 is 0 Å². The molecule has 106 valence electrons. The summed E-state index contributed by atoms with van der Waals surface area (Å²) in [4.78, 5) is 5.00. The Morgan fingerprint density at radius 2 is 1.71 bits per heavy atom. The Morgan fingerprint density at radius 1 is 1.00 bits per heavy atom. The number of benzene rings is 2. The molecule has 1 N–H and O–H groups in total. The second-order valence-corrected chi connectivity index (χ2v) is 6.62. The third kappa shape index (κ3) is 2.08. The summed E-state index contributed by atoms with van der Waals surface area (Å²) in [5.41, 5.74) is 5.34. The number of likely N-dealkylation sites (N-methyl/N-ethyl adjacent to an activating group) is 1. The molecule has 0 radical (unpaired) electrons. The lowest BCUT2D eigenvalue weighted by Gasteiger charge is -2.15. The fourth-order valence-electron chi connectivity index (χ4n) is 3.18. The van der Waals surface area contributed by atoms with Crippen molar-refractivity contribution in [3.05, 3.63) is 53.6 Å². The maximum atomic E-state index is 9.89. The quantitative estimate of drug-likeness (QED) is 0.856. The minimum Gasteiger partial charge on any atom is -0.508 e. The van der Waals surface area contributed by atoms with Crippen LogP contribution >= 0.6 is 11.8 Å². The summed E-state index contributed by atoms with van der Waals surface area (Å²) in [5, 5.41) is 9.89. The maximum absolute atomic E-state index is 9.89. The average Bonchev–Trinajstić information content (AvgIpc) is 2.89. The summed E-state index contributed by atoms with van der Waals surface area (Å²) in [6.07, 6.45) is 0. The number of rotatable bonds is 1. The van der Waals surface area contributed by atoms with E-state index in [2.05, 4.69) is 36.1 Å². The zero-order chi connectivity index (χ0) is 14.4. The normalized spacial score (nSPS) is 17.2. The second kappa shape index (κ2) is 4.93. The molecular weight excluding hydrogens is 278 g/mol. The monoisotopic (exact) mass is 295 g/mol. The summed E-state index contributed by atoms with van der Waals surface area (Å²) in [5.74, 6) is 0.349. The van der Waals surface area contributed by atoms with E-state index >= 15 is 0 Å². The van der Waals surface area contributed by atoms with Crippen LogP contribution in [0, 0.1) is 0 Å². The van der Waals surface area contributed by atoms with Gasteiger partial charge >= 0.3 is 0 Å². The van der Waals surface area contributed by atoms with Crippen molar-refractivity contribution >= 4 is 22.9 Å². The van der Waals surface area contributed by atoms with Gasteiger partial charge in [0.15, 0.2) is 0 Å². The molecule has 4 rings (SSSR count). The van der Waals surface area contributed by atoms with E-state index in [1.807, 2.05) is 12.1 Å². The number of hydrogen-bond acceptors (Lipinski definition) is 3. The fourth-order valence-corrected chi connectivity index (χ4v) is 4.29. The minimum atomic E-state index is 0.349. The molecular formula is C18H17NOS. The molecule has 0 bridgehead atoms. The molecule has 0 spiro atoms. The highest BCUT2D eigenvalue weighted by Gasteiger charge is 2.28. The molecule has 2 aromatic rings. The van der Waals surface area contributed by atoms with Gasteiger partial charge in [0.2, 0.25) is 0 Å². The van der Waals surface area contributed by atoms with Gasteiger partial charge < -0.3 is 5.11 Å². The van der Waals surface area contributed by atoms with Crippen LogP contribution in [-0.4, -0.2) is 29.6 Å².